The Labute approximate surface area is 286 Å². The monoisotopic (exact) mass is 636 g/mol. The largest absolute Gasteiger partial charge is 0.485 e. The molecule has 238 valence electrons. The zero-order valence-corrected chi connectivity index (χ0v) is 27.4. The number of nitrogens with zero attached hydrogens (tertiary/aromatic N) is 2. The zero-order valence-electron chi connectivity index (χ0n) is 27.4. The molecule has 2 aromatic heterocycles. The summed E-state index contributed by atoms with van der Waals surface area (Å²) in [4.78, 5) is 10.2. The van der Waals surface area contributed by atoms with Crippen molar-refractivity contribution in [2.45, 2.75) is 57.0 Å². The van der Waals surface area contributed by atoms with Crippen LogP contribution in [-0.4, -0.2) is 16.1 Å². The van der Waals surface area contributed by atoms with Crippen LogP contribution in [0, 0.1) is 0 Å². The van der Waals surface area contributed by atoms with Gasteiger partial charge < -0.3 is 9.15 Å². The van der Waals surface area contributed by atoms with Gasteiger partial charge in [-0.15, -0.1) is 0 Å². The number of allylic oxidation sites excluding steroid dienone is 6. The van der Waals surface area contributed by atoms with Crippen molar-refractivity contribution < 1.29 is 9.15 Å². The average Bonchev–Trinajstić information content (AvgIpc) is 3.74. The van der Waals surface area contributed by atoms with Gasteiger partial charge in [0.05, 0.1) is 0 Å². The van der Waals surface area contributed by atoms with Gasteiger partial charge in [-0.25, -0.2) is 9.97 Å². The molecule has 0 amide bonds. The van der Waals surface area contributed by atoms with Crippen LogP contribution in [0.5, 0.6) is 5.75 Å². The summed E-state index contributed by atoms with van der Waals surface area (Å²) in [6.45, 7) is 0. The van der Waals surface area contributed by atoms with Crippen molar-refractivity contribution in [3.63, 3.8) is 0 Å². The predicted molar refractivity (Wildman–Crippen MR) is 199 cm³/mol. The average molecular weight is 637 g/mol. The van der Waals surface area contributed by atoms with Crippen molar-refractivity contribution in [2.75, 3.05) is 0 Å². The molecule has 2 atom stereocenters. The van der Waals surface area contributed by atoms with E-state index in [2.05, 4.69) is 103 Å². The van der Waals surface area contributed by atoms with E-state index in [1.165, 1.54) is 63.8 Å². The third-order valence-electron chi connectivity index (χ3n) is 10.7. The molecule has 49 heavy (non-hydrogen) atoms. The smallest absolute Gasteiger partial charge is 0.179 e. The Hall–Kier alpha value is -5.48. The molecule has 1 aliphatic heterocycles. The highest BCUT2D eigenvalue weighted by atomic mass is 16.5. The van der Waals surface area contributed by atoms with Gasteiger partial charge in [0.25, 0.3) is 0 Å². The molecule has 0 N–H and O–H groups in total. The standard InChI is InChI=1S/C45H36N2O2/c1-3-11-28-12-7-8-16-34(28)35-22-19-30(25-32(35)15-6-1)31-21-24-40-38(26-31)36-23-20-33(27-41(36)48-40)45-46-42(29-13-4-2-5-14-29)44-43(47-45)37-17-9-10-18-39(37)49-44/h2,4,7-10,12-13,16-27,38,40H,1,3,5-6,11,14-15H2. The second kappa shape index (κ2) is 11.6. The fourth-order valence-corrected chi connectivity index (χ4v) is 8.22. The molecule has 6 aromatic rings. The Morgan fingerprint density at radius 3 is 2.53 bits per heavy atom. The number of hydrogen-bond acceptors (Lipinski definition) is 4. The second-order valence-electron chi connectivity index (χ2n) is 13.8. The molecule has 0 fully saturated rings. The van der Waals surface area contributed by atoms with Crippen LogP contribution in [-0.2, 0) is 12.8 Å². The highest BCUT2D eigenvalue weighted by Crippen LogP contribution is 2.46. The second-order valence-corrected chi connectivity index (χ2v) is 13.8. The fraction of sp³-hybridized carbons (Fsp3) is 0.200. The van der Waals surface area contributed by atoms with E-state index in [1.807, 2.05) is 18.2 Å². The molecule has 4 heteroatoms. The van der Waals surface area contributed by atoms with Crippen molar-refractivity contribution in [1.29, 1.82) is 0 Å². The van der Waals surface area contributed by atoms with Gasteiger partial charge in [0, 0.05) is 22.4 Å². The van der Waals surface area contributed by atoms with E-state index in [-0.39, 0.29) is 12.0 Å². The third-order valence-corrected chi connectivity index (χ3v) is 10.7. The highest BCUT2D eigenvalue weighted by Gasteiger charge is 2.34. The molecule has 4 nitrogen and oxygen atoms in total. The van der Waals surface area contributed by atoms with Gasteiger partial charge in [-0.3, -0.25) is 0 Å². The molecule has 0 spiro atoms. The molecule has 3 aliphatic carbocycles. The first-order chi connectivity index (χ1) is 24.3. The van der Waals surface area contributed by atoms with Gasteiger partial charge in [0.15, 0.2) is 11.4 Å². The summed E-state index contributed by atoms with van der Waals surface area (Å²) in [5.74, 6) is 1.75. The maximum absolute atomic E-state index is 6.59. The maximum Gasteiger partial charge on any atom is 0.179 e. The molecule has 4 aromatic carbocycles. The van der Waals surface area contributed by atoms with E-state index in [1.54, 1.807) is 0 Å². The first-order valence-electron chi connectivity index (χ1n) is 17.7. The summed E-state index contributed by atoms with van der Waals surface area (Å²) in [7, 11) is 0. The van der Waals surface area contributed by atoms with E-state index < -0.39 is 0 Å². The number of rotatable bonds is 3. The number of hydrogen-bond donors (Lipinski definition) is 0. The fourth-order valence-electron chi connectivity index (χ4n) is 8.22. The van der Waals surface area contributed by atoms with Crippen molar-refractivity contribution in [2.24, 2.45) is 0 Å². The van der Waals surface area contributed by atoms with E-state index in [0.29, 0.717) is 5.82 Å². The molecule has 0 saturated heterocycles. The van der Waals surface area contributed by atoms with Crippen LogP contribution in [0.4, 0.5) is 0 Å². The van der Waals surface area contributed by atoms with Crippen molar-refractivity contribution >= 4 is 33.2 Å². The number of ether oxygens (including phenoxy) is 1. The lowest BCUT2D eigenvalue weighted by atomic mass is 9.85. The Morgan fingerprint density at radius 2 is 1.59 bits per heavy atom. The third kappa shape index (κ3) is 4.89. The van der Waals surface area contributed by atoms with E-state index in [0.717, 1.165) is 64.8 Å². The number of benzene rings is 4. The Morgan fingerprint density at radius 1 is 0.735 bits per heavy atom. The van der Waals surface area contributed by atoms with Crippen LogP contribution in [0.1, 0.15) is 66.0 Å². The molecule has 0 bridgehead atoms. The Bertz CT molecular complexity index is 2420. The molecule has 4 aliphatic rings. The zero-order chi connectivity index (χ0) is 32.3. The summed E-state index contributed by atoms with van der Waals surface area (Å²) >= 11 is 0. The minimum Gasteiger partial charge on any atom is -0.485 e. The summed E-state index contributed by atoms with van der Waals surface area (Å²) in [5.41, 5.74) is 14.9. The molecule has 0 radical (unpaired) electrons. The molecule has 3 heterocycles. The Kier molecular flexibility index (Phi) is 6.75. The maximum atomic E-state index is 6.59. The molecular weight excluding hydrogens is 601 g/mol. The van der Waals surface area contributed by atoms with Crippen LogP contribution >= 0.6 is 0 Å². The lowest BCUT2D eigenvalue weighted by molar-refractivity contribution is 0.269. The van der Waals surface area contributed by atoms with Crippen molar-refractivity contribution in [3.8, 4) is 28.3 Å². The first-order valence-corrected chi connectivity index (χ1v) is 17.7. The Balaban J connectivity index is 1.01. The van der Waals surface area contributed by atoms with Gasteiger partial charge in [-0.2, -0.15) is 0 Å². The number of aromatic nitrogens is 2. The summed E-state index contributed by atoms with van der Waals surface area (Å²) < 4.78 is 12.9. The van der Waals surface area contributed by atoms with Crippen LogP contribution in [0.15, 0.2) is 126 Å². The van der Waals surface area contributed by atoms with Gasteiger partial charge in [-0.1, -0.05) is 104 Å². The van der Waals surface area contributed by atoms with Crippen LogP contribution < -0.4 is 4.74 Å². The lowest BCUT2D eigenvalue weighted by Crippen LogP contribution is -2.17. The molecule has 2 unspecified atom stereocenters. The quantitative estimate of drug-likeness (QED) is 0.194. The normalized spacial score (nSPS) is 19.5. The van der Waals surface area contributed by atoms with Crippen LogP contribution in [0.2, 0.25) is 0 Å². The van der Waals surface area contributed by atoms with E-state index in [9.17, 15) is 0 Å². The molecule has 0 saturated carbocycles. The summed E-state index contributed by atoms with van der Waals surface area (Å²) in [6, 6.07) is 30.7. The topological polar surface area (TPSA) is 48.2 Å². The van der Waals surface area contributed by atoms with Crippen molar-refractivity contribution in [3.05, 3.63) is 149 Å². The van der Waals surface area contributed by atoms with Crippen LogP contribution in [0.3, 0.4) is 0 Å². The minimum absolute atomic E-state index is 0.0234. The molecular formula is C45H36N2O2. The molecule has 10 rings (SSSR count). The van der Waals surface area contributed by atoms with Crippen molar-refractivity contribution in [1.82, 2.24) is 9.97 Å². The number of furan rings is 1. The van der Waals surface area contributed by atoms with E-state index in [4.69, 9.17) is 19.1 Å². The SMILES string of the molecule is C1=CCCC(c2nc(-c3ccc4c(c3)OC3C=CC(c5ccc6c(c5)CCCCCc5ccccc5-6)=CC43)nc3c2oc2ccccc23)=C1. The van der Waals surface area contributed by atoms with Crippen LogP contribution in [0.25, 0.3) is 55.7 Å². The van der Waals surface area contributed by atoms with Gasteiger partial charge in [0.1, 0.15) is 28.6 Å². The number of fused-ring (bicyclic) bond motifs is 9. The first kappa shape index (κ1) is 28.5. The van der Waals surface area contributed by atoms with Gasteiger partial charge in [-0.05, 0) is 102 Å². The summed E-state index contributed by atoms with van der Waals surface area (Å²) in [6.07, 6.45) is 21.3. The van der Waals surface area contributed by atoms with Gasteiger partial charge >= 0.3 is 0 Å². The number of aryl methyl sites for hydroxylation is 2. The predicted octanol–water partition coefficient (Wildman–Crippen LogP) is 11.2. The number of para-hydroxylation sites is 1. The minimum atomic E-state index is -0.0234. The lowest BCUT2D eigenvalue weighted by Gasteiger charge is -2.20. The highest BCUT2D eigenvalue weighted by molar-refractivity contribution is 6.05. The van der Waals surface area contributed by atoms with Gasteiger partial charge in [0.2, 0.25) is 0 Å². The summed E-state index contributed by atoms with van der Waals surface area (Å²) in [5, 5.41) is 1.01. The van der Waals surface area contributed by atoms with E-state index >= 15 is 0 Å².